The van der Waals surface area contributed by atoms with Gasteiger partial charge in [0, 0.05) is 17.0 Å². The van der Waals surface area contributed by atoms with E-state index in [9.17, 15) is 18.4 Å². The van der Waals surface area contributed by atoms with Gasteiger partial charge in [-0.2, -0.15) is 13.9 Å². The van der Waals surface area contributed by atoms with Crippen molar-refractivity contribution in [3.05, 3.63) is 89.3 Å². The summed E-state index contributed by atoms with van der Waals surface area (Å²) in [5.41, 5.74) is 7.55. The number of rotatable bonds is 9. The number of hydrogen-bond donors (Lipinski definition) is 1. The van der Waals surface area contributed by atoms with Crippen LogP contribution in [0.25, 0.3) is 22.2 Å². The van der Waals surface area contributed by atoms with Crippen LogP contribution in [0.15, 0.2) is 55.0 Å². The number of methoxy groups -OCH3 is 1. The van der Waals surface area contributed by atoms with Gasteiger partial charge in [-0.3, -0.25) is 24.5 Å². The Labute approximate surface area is 275 Å². The summed E-state index contributed by atoms with van der Waals surface area (Å²) in [5, 5.41) is 5.10. The second kappa shape index (κ2) is 11.0. The van der Waals surface area contributed by atoms with Crippen molar-refractivity contribution in [1.82, 2.24) is 24.7 Å². The van der Waals surface area contributed by atoms with Crippen molar-refractivity contribution in [2.75, 3.05) is 12.0 Å². The van der Waals surface area contributed by atoms with E-state index >= 15 is 8.78 Å². The Morgan fingerprint density at radius 3 is 2.49 bits per heavy atom. The first-order valence-electron chi connectivity index (χ1n) is 15.5. The summed E-state index contributed by atoms with van der Waals surface area (Å²) in [5.74, 6) is -3.68. The third-order valence-electron chi connectivity index (χ3n) is 9.25. The maximum atomic E-state index is 15.2. The van der Waals surface area contributed by atoms with Gasteiger partial charge in [0.2, 0.25) is 0 Å². The second-order valence-corrected chi connectivity index (χ2v) is 12.5. The van der Waals surface area contributed by atoms with E-state index in [4.69, 9.17) is 20.2 Å². The molecule has 8 rings (SSSR count). The average molecular weight is 674 g/mol. The van der Waals surface area contributed by atoms with Gasteiger partial charge >= 0.3 is 12.0 Å². The highest BCUT2D eigenvalue weighted by molar-refractivity contribution is 6.09. The van der Waals surface area contributed by atoms with Gasteiger partial charge in [-0.25, -0.2) is 18.4 Å². The van der Waals surface area contributed by atoms with Crippen molar-refractivity contribution in [2.45, 2.75) is 50.3 Å². The van der Waals surface area contributed by atoms with Crippen molar-refractivity contribution in [3.63, 3.8) is 0 Å². The van der Waals surface area contributed by atoms with E-state index in [1.807, 2.05) is 0 Å². The molecule has 2 saturated carbocycles. The summed E-state index contributed by atoms with van der Waals surface area (Å²) in [6, 6.07) is 8.26. The van der Waals surface area contributed by atoms with Gasteiger partial charge in [0.15, 0.2) is 11.4 Å². The number of hydrogen-bond acceptors (Lipinski definition) is 8. The van der Waals surface area contributed by atoms with E-state index in [0.29, 0.717) is 58.7 Å². The molecule has 11 nitrogen and oxygen atoms in total. The standard InChI is InChI=1S/C34H27F4N7O4/c1-48-25-12-20(36)14-40-23(25)16-44-24-6-4-18(11-26(24)49-34(37,38)32(44)47)28-21-15-42-45(33(8-9-33)27-7-5-19(35)13-41-27)31(21)43-22(10-17-2-3-17)29(28)30(39)46/h4-7,11-15,17H,2-3,8-10,16H2,1H3,(H2,39,46). The number of alkyl halides is 2. The van der Waals surface area contributed by atoms with Crippen LogP contribution in [0.4, 0.5) is 23.2 Å². The molecular weight excluding hydrogens is 646 g/mol. The third kappa shape index (κ3) is 5.11. The van der Waals surface area contributed by atoms with Crippen LogP contribution in [0.5, 0.6) is 11.5 Å². The largest absolute Gasteiger partial charge is 0.495 e. The average Bonchev–Trinajstić information content (AvgIpc) is 4.01. The van der Waals surface area contributed by atoms with Gasteiger partial charge in [0.25, 0.3) is 5.91 Å². The molecule has 5 heterocycles. The van der Waals surface area contributed by atoms with E-state index in [-0.39, 0.29) is 28.4 Å². The van der Waals surface area contributed by atoms with Crippen molar-refractivity contribution in [1.29, 1.82) is 0 Å². The quantitative estimate of drug-likeness (QED) is 0.209. The molecule has 15 heteroatoms. The molecule has 1 aromatic carbocycles. The van der Waals surface area contributed by atoms with Gasteiger partial charge < -0.3 is 15.2 Å². The molecule has 2 aliphatic carbocycles. The molecule has 49 heavy (non-hydrogen) atoms. The summed E-state index contributed by atoms with van der Waals surface area (Å²) in [6.45, 7) is -0.475. The van der Waals surface area contributed by atoms with E-state index in [2.05, 4.69) is 15.1 Å². The van der Waals surface area contributed by atoms with Gasteiger partial charge in [-0.1, -0.05) is 6.07 Å². The number of amides is 2. The van der Waals surface area contributed by atoms with E-state index < -0.39 is 41.6 Å². The minimum atomic E-state index is -4.26. The fourth-order valence-corrected chi connectivity index (χ4v) is 6.53. The molecular formula is C34H27F4N7O4. The lowest BCUT2D eigenvalue weighted by atomic mass is 9.93. The highest BCUT2D eigenvalue weighted by Gasteiger charge is 2.52. The number of carbonyl (C=O) groups is 2. The van der Waals surface area contributed by atoms with E-state index in [0.717, 1.165) is 36.2 Å². The molecule has 0 saturated heterocycles. The Morgan fingerprint density at radius 2 is 1.82 bits per heavy atom. The van der Waals surface area contributed by atoms with Crippen LogP contribution in [0.2, 0.25) is 0 Å². The van der Waals surface area contributed by atoms with E-state index in [1.165, 1.54) is 31.5 Å². The Bertz CT molecular complexity index is 2180. The van der Waals surface area contributed by atoms with Crippen molar-refractivity contribution in [2.24, 2.45) is 11.7 Å². The molecule has 250 valence electrons. The number of nitrogens with two attached hydrogens (primary N) is 1. The highest BCUT2D eigenvalue weighted by atomic mass is 19.3. The van der Waals surface area contributed by atoms with Crippen LogP contribution in [0, 0.1) is 17.6 Å². The van der Waals surface area contributed by atoms with Crippen LogP contribution in [0.1, 0.15) is 53.1 Å². The molecule has 3 aliphatic rings. The number of primary amides is 1. The smallest absolute Gasteiger partial charge is 0.482 e. The first-order valence-corrected chi connectivity index (χ1v) is 15.5. The molecule has 0 atom stereocenters. The molecule has 2 amide bonds. The predicted molar refractivity (Wildman–Crippen MR) is 166 cm³/mol. The molecule has 4 aromatic heterocycles. The Hall–Kier alpha value is -5.60. The fraction of sp³-hybridized carbons (Fsp3) is 0.294. The number of ether oxygens (including phenoxy) is 2. The lowest BCUT2D eigenvalue weighted by Gasteiger charge is -2.33. The molecule has 2 N–H and O–H groups in total. The molecule has 0 spiro atoms. The molecule has 1 aliphatic heterocycles. The van der Waals surface area contributed by atoms with Crippen molar-refractivity contribution in [3.8, 4) is 22.6 Å². The summed E-state index contributed by atoms with van der Waals surface area (Å²) in [7, 11) is 1.27. The van der Waals surface area contributed by atoms with Crippen molar-refractivity contribution >= 4 is 28.5 Å². The summed E-state index contributed by atoms with van der Waals surface area (Å²) in [4.78, 5) is 40.1. The number of benzene rings is 1. The van der Waals surface area contributed by atoms with Crippen LogP contribution < -0.4 is 20.1 Å². The molecule has 5 aromatic rings. The number of fused-ring (bicyclic) bond motifs is 2. The number of carbonyl (C=O) groups excluding carboxylic acids is 2. The van der Waals surface area contributed by atoms with Gasteiger partial charge in [0.05, 0.1) is 54.9 Å². The SMILES string of the molecule is COc1cc(F)cnc1CN1C(=O)C(F)(F)Oc2cc(-c3c(C(N)=O)c(CC4CC4)nc4c3cnn4C3(c4ccc(F)cn4)CC3)ccc21. The lowest BCUT2D eigenvalue weighted by Crippen LogP contribution is -2.50. The minimum Gasteiger partial charge on any atom is -0.495 e. The zero-order valence-corrected chi connectivity index (χ0v) is 25.9. The van der Waals surface area contributed by atoms with Gasteiger partial charge in [0.1, 0.15) is 28.6 Å². The molecule has 0 radical (unpaired) electrons. The molecule has 0 bridgehead atoms. The van der Waals surface area contributed by atoms with E-state index in [1.54, 1.807) is 16.8 Å². The molecule has 0 unspecified atom stereocenters. The van der Waals surface area contributed by atoms with Crippen molar-refractivity contribution < 1.29 is 36.6 Å². The minimum absolute atomic E-state index is 0.00741. The third-order valence-corrected chi connectivity index (χ3v) is 9.25. The lowest BCUT2D eigenvalue weighted by molar-refractivity contribution is -0.193. The Balaban J connectivity index is 1.29. The van der Waals surface area contributed by atoms with Gasteiger partial charge in [-0.15, -0.1) is 0 Å². The first kappa shape index (κ1) is 30.7. The summed E-state index contributed by atoms with van der Waals surface area (Å²) in [6.07, 6.45) is 2.99. The monoisotopic (exact) mass is 673 g/mol. The number of anilines is 1. The van der Waals surface area contributed by atoms with Crippen LogP contribution in [-0.4, -0.2) is 49.8 Å². The van der Waals surface area contributed by atoms with Crippen LogP contribution in [-0.2, 0) is 23.3 Å². The second-order valence-electron chi connectivity index (χ2n) is 12.5. The zero-order valence-electron chi connectivity index (χ0n) is 25.9. The Kier molecular flexibility index (Phi) is 6.88. The molecule has 2 fully saturated rings. The highest BCUT2D eigenvalue weighted by Crippen LogP contribution is 2.51. The summed E-state index contributed by atoms with van der Waals surface area (Å²) < 4.78 is 69.7. The Morgan fingerprint density at radius 1 is 1.04 bits per heavy atom. The number of nitrogens with zero attached hydrogens (tertiary/aromatic N) is 6. The topological polar surface area (TPSA) is 138 Å². The maximum absolute atomic E-state index is 15.2. The van der Waals surface area contributed by atoms with Gasteiger partial charge in [-0.05, 0) is 67.9 Å². The maximum Gasteiger partial charge on any atom is 0.482 e. The van der Waals surface area contributed by atoms with Crippen LogP contribution >= 0.6 is 0 Å². The van der Waals surface area contributed by atoms with Crippen LogP contribution in [0.3, 0.4) is 0 Å². The normalized spacial score (nSPS) is 17.5. The number of halogens is 4. The zero-order chi connectivity index (χ0) is 34.2. The fourth-order valence-electron chi connectivity index (χ4n) is 6.53. The summed E-state index contributed by atoms with van der Waals surface area (Å²) >= 11 is 0. The number of aromatic nitrogens is 5. The predicted octanol–water partition coefficient (Wildman–Crippen LogP) is 5.28. The number of pyridine rings is 3. The first-order chi connectivity index (χ1) is 23.5.